The molecule has 0 saturated carbocycles. The van der Waals surface area contributed by atoms with E-state index in [1.165, 1.54) is 21.8 Å². The molecular formula is C24H25N5O. The number of aryl methyl sites for hydroxylation is 1. The Morgan fingerprint density at radius 2 is 1.73 bits per heavy atom. The van der Waals surface area contributed by atoms with Crippen LogP contribution >= 0.6 is 0 Å². The number of hydrogen-bond acceptors (Lipinski definition) is 4. The third kappa shape index (κ3) is 3.28. The number of rotatable bonds is 4. The first-order valence-corrected chi connectivity index (χ1v) is 10.6. The summed E-state index contributed by atoms with van der Waals surface area (Å²) in [6.45, 7) is 4.67. The Kier molecular flexibility index (Phi) is 4.83. The lowest BCUT2D eigenvalue weighted by Gasteiger charge is -2.31. The Morgan fingerprint density at radius 3 is 2.50 bits per heavy atom. The third-order valence-corrected chi connectivity index (χ3v) is 6.06. The molecule has 0 atom stereocenters. The van der Waals surface area contributed by atoms with E-state index >= 15 is 0 Å². The number of nitrogens with zero attached hydrogens (tertiary/aromatic N) is 4. The molecule has 1 fully saturated rings. The van der Waals surface area contributed by atoms with E-state index in [0.717, 1.165) is 44.1 Å². The van der Waals surface area contributed by atoms with E-state index in [9.17, 15) is 4.79 Å². The van der Waals surface area contributed by atoms with Gasteiger partial charge < -0.3 is 14.8 Å². The fourth-order valence-corrected chi connectivity index (χ4v) is 4.51. The lowest BCUT2D eigenvalue weighted by atomic mass is 9.96. The van der Waals surface area contributed by atoms with Gasteiger partial charge in [0.05, 0.1) is 0 Å². The monoisotopic (exact) mass is 399 g/mol. The van der Waals surface area contributed by atoms with Crippen molar-refractivity contribution in [1.29, 1.82) is 0 Å². The summed E-state index contributed by atoms with van der Waals surface area (Å²) in [6, 6.07) is 16.5. The molecule has 5 rings (SSSR count). The fraction of sp³-hybridized carbons (Fsp3) is 0.292. The standard InChI is InChI=1S/C24H25N5O/c1-2-29-21-7-4-3-6-19(21)20-16-18(8-9-22(20)29)27-23(30)17-10-14-28(15-11-17)24-25-12-5-13-26-24/h3-9,12-13,16-17H,2,10-11,14-15H2,1H3,(H,27,30). The maximum absolute atomic E-state index is 12.9. The molecule has 1 aliphatic heterocycles. The van der Waals surface area contributed by atoms with Gasteiger partial charge in [-0.2, -0.15) is 0 Å². The predicted molar refractivity (Wildman–Crippen MR) is 121 cm³/mol. The van der Waals surface area contributed by atoms with Crippen LogP contribution < -0.4 is 10.2 Å². The molecule has 0 spiro atoms. The van der Waals surface area contributed by atoms with Gasteiger partial charge in [0.1, 0.15) is 0 Å². The summed E-state index contributed by atoms with van der Waals surface area (Å²) in [5.74, 6) is 0.856. The lowest BCUT2D eigenvalue weighted by Crippen LogP contribution is -2.39. The molecule has 3 heterocycles. The molecule has 2 aromatic heterocycles. The van der Waals surface area contributed by atoms with Gasteiger partial charge in [0, 0.05) is 65.4 Å². The van der Waals surface area contributed by atoms with Crippen molar-refractivity contribution in [3.05, 3.63) is 60.9 Å². The number of anilines is 2. The Bertz CT molecular complexity index is 1190. The summed E-state index contributed by atoms with van der Waals surface area (Å²) in [4.78, 5) is 23.7. The van der Waals surface area contributed by atoms with Gasteiger partial charge >= 0.3 is 0 Å². The Labute approximate surface area is 175 Å². The zero-order chi connectivity index (χ0) is 20.5. The SMILES string of the molecule is CCn1c2ccccc2c2cc(NC(=O)C3CCN(c4ncccn4)CC3)ccc21. The molecule has 1 amide bonds. The summed E-state index contributed by atoms with van der Waals surface area (Å²) < 4.78 is 2.32. The Balaban J connectivity index is 1.32. The number of piperidine rings is 1. The highest BCUT2D eigenvalue weighted by Crippen LogP contribution is 2.31. The Morgan fingerprint density at radius 1 is 1.00 bits per heavy atom. The molecule has 30 heavy (non-hydrogen) atoms. The number of carbonyl (C=O) groups is 1. The molecule has 0 unspecified atom stereocenters. The Hall–Kier alpha value is -3.41. The van der Waals surface area contributed by atoms with Crippen LogP contribution in [0.5, 0.6) is 0 Å². The van der Waals surface area contributed by atoms with Crippen LogP contribution in [-0.4, -0.2) is 33.5 Å². The minimum Gasteiger partial charge on any atom is -0.341 e. The molecule has 0 aliphatic carbocycles. The van der Waals surface area contributed by atoms with Crippen molar-refractivity contribution in [3.63, 3.8) is 0 Å². The summed E-state index contributed by atoms with van der Waals surface area (Å²) in [5.41, 5.74) is 3.29. The second kappa shape index (κ2) is 7.78. The molecule has 1 aliphatic rings. The molecule has 0 bridgehead atoms. The van der Waals surface area contributed by atoms with Gasteiger partial charge in [-0.1, -0.05) is 18.2 Å². The number of benzene rings is 2. The summed E-state index contributed by atoms with van der Waals surface area (Å²) in [7, 11) is 0. The second-order valence-corrected chi connectivity index (χ2v) is 7.79. The number of hydrogen-bond donors (Lipinski definition) is 1. The first-order valence-electron chi connectivity index (χ1n) is 10.6. The van der Waals surface area contributed by atoms with Crippen molar-refractivity contribution >= 4 is 39.3 Å². The zero-order valence-electron chi connectivity index (χ0n) is 17.1. The van der Waals surface area contributed by atoms with Gasteiger partial charge in [-0.05, 0) is 50.1 Å². The van der Waals surface area contributed by atoms with E-state index in [1.807, 2.05) is 12.1 Å². The van der Waals surface area contributed by atoms with Crippen LogP contribution in [0.4, 0.5) is 11.6 Å². The van der Waals surface area contributed by atoms with E-state index < -0.39 is 0 Å². The van der Waals surface area contributed by atoms with Crippen LogP contribution in [0, 0.1) is 5.92 Å². The number of aromatic nitrogens is 3. The minimum absolute atomic E-state index is 0.0117. The molecule has 1 saturated heterocycles. The van der Waals surface area contributed by atoms with Crippen LogP contribution in [0.2, 0.25) is 0 Å². The first-order chi connectivity index (χ1) is 14.7. The van der Waals surface area contributed by atoms with E-state index in [4.69, 9.17) is 0 Å². The number of amides is 1. The van der Waals surface area contributed by atoms with Gasteiger partial charge in [0.15, 0.2) is 0 Å². The van der Waals surface area contributed by atoms with Crippen LogP contribution in [-0.2, 0) is 11.3 Å². The number of fused-ring (bicyclic) bond motifs is 3. The number of carbonyl (C=O) groups excluding carboxylic acids is 1. The highest BCUT2D eigenvalue weighted by molar-refractivity contribution is 6.09. The molecule has 152 valence electrons. The molecule has 6 nitrogen and oxygen atoms in total. The second-order valence-electron chi connectivity index (χ2n) is 7.79. The average molecular weight is 399 g/mol. The van der Waals surface area contributed by atoms with Crippen LogP contribution in [0.3, 0.4) is 0 Å². The minimum atomic E-state index is 0.0117. The van der Waals surface area contributed by atoms with E-state index in [1.54, 1.807) is 12.4 Å². The van der Waals surface area contributed by atoms with Crippen LogP contribution in [0.15, 0.2) is 60.9 Å². The van der Waals surface area contributed by atoms with Gasteiger partial charge in [-0.25, -0.2) is 9.97 Å². The van der Waals surface area contributed by atoms with Crippen molar-refractivity contribution in [2.75, 3.05) is 23.3 Å². The van der Waals surface area contributed by atoms with Gasteiger partial charge in [-0.3, -0.25) is 4.79 Å². The van der Waals surface area contributed by atoms with Crippen molar-refractivity contribution in [2.24, 2.45) is 5.92 Å². The molecule has 6 heteroatoms. The van der Waals surface area contributed by atoms with Gasteiger partial charge in [0.25, 0.3) is 0 Å². The third-order valence-electron chi connectivity index (χ3n) is 6.06. The highest BCUT2D eigenvalue weighted by atomic mass is 16.1. The first kappa shape index (κ1) is 18.6. The molecule has 0 radical (unpaired) electrons. The van der Waals surface area contributed by atoms with Crippen molar-refractivity contribution in [1.82, 2.24) is 14.5 Å². The molecule has 2 aromatic carbocycles. The zero-order valence-corrected chi connectivity index (χ0v) is 17.1. The lowest BCUT2D eigenvalue weighted by molar-refractivity contribution is -0.120. The molecule has 1 N–H and O–H groups in total. The predicted octanol–water partition coefficient (Wildman–Crippen LogP) is 4.46. The van der Waals surface area contributed by atoms with Gasteiger partial charge in [-0.15, -0.1) is 0 Å². The smallest absolute Gasteiger partial charge is 0.227 e. The summed E-state index contributed by atoms with van der Waals surface area (Å²) >= 11 is 0. The number of para-hydroxylation sites is 1. The fourth-order valence-electron chi connectivity index (χ4n) is 4.51. The van der Waals surface area contributed by atoms with Crippen LogP contribution in [0.25, 0.3) is 21.8 Å². The summed E-state index contributed by atoms with van der Waals surface area (Å²) in [6.07, 6.45) is 5.13. The highest BCUT2D eigenvalue weighted by Gasteiger charge is 2.26. The van der Waals surface area contributed by atoms with E-state index in [2.05, 4.69) is 68.1 Å². The van der Waals surface area contributed by atoms with Crippen LogP contribution in [0.1, 0.15) is 19.8 Å². The van der Waals surface area contributed by atoms with Gasteiger partial charge in [0.2, 0.25) is 11.9 Å². The molecular weight excluding hydrogens is 374 g/mol. The maximum atomic E-state index is 12.9. The largest absolute Gasteiger partial charge is 0.341 e. The normalized spacial score (nSPS) is 15.0. The summed E-state index contributed by atoms with van der Waals surface area (Å²) in [5, 5.41) is 5.56. The average Bonchev–Trinajstić information content (AvgIpc) is 3.13. The van der Waals surface area contributed by atoms with Crippen molar-refractivity contribution < 1.29 is 4.79 Å². The van der Waals surface area contributed by atoms with E-state index in [-0.39, 0.29) is 11.8 Å². The number of nitrogens with one attached hydrogen (secondary N) is 1. The molecule has 4 aromatic rings. The maximum Gasteiger partial charge on any atom is 0.227 e. The quantitative estimate of drug-likeness (QED) is 0.550. The topological polar surface area (TPSA) is 63.1 Å². The van der Waals surface area contributed by atoms with Crippen molar-refractivity contribution in [2.45, 2.75) is 26.3 Å². The van der Waals surface area contributed by atoms with Crippen molar-refractivity contribution in [3.8, 4) is 0 Å². The van der Waals surface area contributed by atoms with E-state index in [0.29, 0.717) is 0 Å².